The van der Waals surface area contributed by atoms with Crippen molar-refractivity contribution in [1.29, 1.82) is 0 Å². The van der Waals surface area contributed by atoms with Crippen LogP contribution in [0.3, 0.4) is 0 Å². The van der Waals surface area contributed by atoms with Crippen LogP contribution in [0.15, 0.2) is 60.7 Å². The molecule has 0 amide bonds. The average molecular weight is 424 g/mol. The molecule has 0 bridgehead atoms. The van der Waals surface area contributed by atoms with Crippen molar-refractivity contribution in [2.45, 2.75) is 31.5 Å². The molecule has 0 saturated carbocycles. The normalized spacial score (nSPS) is 25.3. The molecule has 1 N–H and O–H groups in total. The molecular weight excluding hydrogens is 400 g/mol. The van der Waals surface area contributed by atoms with Crippen LogP contribution in [0.1, 0.15) is 27.6 Å². The number of carbonyl (C=O) groups is 2. The summed E-state index contributed by atoms with van der Waals surface area (Å²) in [5.41, 5.74) is 0.745. The van der Waals surface area contributed by atoms with Gasteiger partial charge in [0.05, 0.1) is 17.2 Å². The van der Waals surface area contributed by atoms with E-state index in [0.29, 0.717) is 11.1 Å². The molecule has 162 valence electrons. The van der Waals surface area contributed by atoms with E-state index in [9.17, 15) is 14.7 Å². The summed E-state index contributed by atoms with van der Waals surface area (Å²) in [5.74, 6) is 0.666. The molecule has 31 heavy (non-hydrogen) atoms. The topological polar surface area (TPSA) is 91.3 Å². The predicted octanol–water partition coefficient (Wildman–Crippen LogP) is 2.44. The first-order valence-corrected chi connectivity index (χ1v) is 9.88. The predicted molar refractivity (Wildman–Crippen MR) is 111 cm³/mol. The van der Waals surface area contributed by atoms with E-state index in [2.05, 4.69) is 5.92 Å². The van der Waals surface area contributed by atoms with Gasteiger partial charge in [-0.05, 0) is 24.3 Å². The van der Waals surface area contributed by atoms with E-state index in [4.69, 9.17) is 25.4 Å². The van der Waals surface area contributed by atoms with Gasteiger partial charge < -0.3 is 24.1 Å². The zero-order chi connectivity index (χ0) is 22.2. The maximum absolute atomic E-state index is 12.5. The van der Waals surface area contributed by atoms with Crippen LogP contribution in [0.5, 0.6) is 0 Å². The number of aliphatic hydroxyl groups is 1. The Kier molecular flexibility index (Phi) is 7.79. The first-order valence-electron chi connectivity index (χ1n) is 9.88. The highest BCUT2D eigenvalue weighted by Gasteiger charge is 2.46. The Hall–Kier alpha value is -3.18. The molecule has 7 nitrogen and oxygen atoms in total. The minimum atomic E-state index is -1.07. The van der Waals surface area contributed by atoms with Gasteiger partial charge in [-0.2, -0.15) is 0 Å². The van der Waals surface area contributed by atoms with Crippen LogP contribution in [-0.4, -0.2) is 54.9 Å². The Morgan fingerprint density at radius 3 is 2.19 bits per heavy atom. The second-order valence-corrected chi connectivity index (χ2v) is 7.11. The molecule has 1 fully saturated rings. The lowest BCUT2D eigenvalue weighted by Gasteiger charge is -2.42. The van der Waals surface area contributed by atoms with E-state index < -0.39 is 42.5 Å². The lowest BCUT2D eigenvalue weighted by atomic mass is 9.90. The molecule has 0 aliphatic carbocycles. The third-order valence-electron chi connectivity index (χ3n) is 4.99. The van der Waals surface area contributed by atoms with Gasteiger partial charge in [-0.1, -0.05) is 49.2 Å². The van der Waals surface area contributed by atoms with Gasteiger partial charge in [-0.25, -0.2) is 9.59 Å². The van der Waals surface area contributed by atoms with Crippen LogP contribution in [-0.2, 0) is 18.9 Å². The Labute approximate surface area is 180 Å². The van der Waals surface area contributed by atoms with Gasteiger partial charge in [0.2, 0.25) is 0 Å². The average Bonchev–Trinajstić information content (AvgIpc) is 2.81. The summed E-state index contributed by atoms with van der Waals surface area (Å²) in [6.07, 6.45) is 1.41. The number of hydrogen-bond acceptors (Lipinski definition) is 7. The van der Waals surface area contributed by atoms with E-state index >= 15 is 0 Å². The number of benzene rings is 2. The molecule has 0 aromatic heterocycles. The molecule has 7 heteroatoms. The highest BCUT2D eigenvalue weighted by atomic mass is 16.7. The van der Waals surface area contributed by atoms with E-state index in [-0.39, 0.29) is 13.2 Å². The van der Waals surface area contributed by atoms with E-state index in [0.717, 1.165) is 0 Å². The second kappa shape index (κ2) is 10.7. The van der Waals surface area contributed by atoms with Crippen LogP contribution in [0, 0.1) is 18.3 Å². The summed E-state index contributed by atoms with van der Waals surface area (Å²) in [5, 5.41) is 10.7. The van der Waals surface area contributed by atoms with Crippen LogP contribution in [0.25, 0.3) is 0 Å². The molecule has 2 aromatic carbocycles. The van der Waals surface area contributed by atoms with Crippen LogP contribution < -0.4 is 0 Å². The maximum Gasteiger partial charge on any atom is 0.338 e. The van der Waals surface area contributed by atoms with Gasteiger partial charge in [0.15, 0.2) is 12.4 Å². The number of aliphatic hydroxyl groups excluding tert-OH is 1. The van der Waals surface area contributed by atoms with Crippen molar-refractivity contribution >= 4 is 11.9 Å². The third-order valence-corrected chi connectivity index (χ3v) is 4.99. The van der Waals surface area contributed by atoms with Crippen molar-refractivity contribution in [2.24, 2.45) is 5.92 Å². The first kappa shape index (κ1) is 22.5. The van der Waals surface area contributed by atoms with Crippen molar-refractivity contribution in [3.63, 3.8) is 0 Å². The molecule has 1 saturated heterocycles. The van der Waals surface area contributed by atoms with Gasteiger partial charge in [-0.15, -0.1) is 6.42 Å². The number of esters is 2. The summed E-state index contributed by atoms with van der Waals surface area (Å²) in [6.45, 7) is 1.42. The Morgan fingerprint density at radius 2 is 1.61 bits per heavy atom. The molecule has 1 aliphatic heterocycles. The van der Waals surface area contributed by atoms with Gasteiger partial charge in [0.1, 0.15) is 19.3 Å². The molecule has 1 heterocycles. The van der Waals surface area contributed by atoms with E-state index in [1.54, 1.807) is 67.6 Å². The van der Waals surface area contributed by atoms with Crippen molar-refractivity contribution < 1.29 is 33.6 Å². The van der Waals surface area contributed by atoms with E-state index in [1.165, 1.54) is 0 Å². The van der Waals surface area contributed by atoms with E-state index in [1.807, 2.05) is 0 Å². The minimum absolute atomic E-state index is 0.0800. The summed E-state index contributed by atoms with van der Waals surface area (Å²) >= 11 is 0. The van der Waals surface area contributed by atoms with Crippen LogP contribution >= 0.6 is 0 Å². The Balaban J connectivity index is 1.68. The number of carbonyl (C=O) groups excluding carboxylic acids is 2. The number of hydrogen-bond donors (Lipinski definition) is 1. The van der Waals surface area contributed by atoms with Gasteiger partial charge in [0.25, 0.3) is 0 Å². The first-order chi connectivity index (χ1) is 15.0. The van der Waals surface area contributed by atoms with Gasteiger partial charge in [-0.3, -0.25) is 0 Å². The summed E-state index contributed by atoms with van der Waals surface area (Å²) < 4.78 is 22.2. The highest BCUT2D eigenvalue weighted by molar-refractivity contribution is 5.89. The van der Waals surface area contributed by atoms with Crippen molar-refractivity contribution in [1.82, 2.24) is 0 Å². The third kappa shape index (κ3) is 5.70. The van der Waals surface area contributed by atoms with Gasteiger partial charge in [0, 0.05) is 5.92 Å². The Morgan fingerprint density at radius 1 is 1.03 bits per heavy atom. The molecular formula is C24H24O7. The fraction of sp³-hybridized carbons (Fsp3) is 0.333. The summed E-state index contributed by atoms with van der Waals surface area (Å²) in [4.78, 5) is 24.7. The van der Waals surface area contributed by atoms with Crippen molar-refractivity contribution in [3.05, 3.63) is 71.8 Å². The molecule has 5 atom stereocenters. The lowest BCUT2D eigenvalue weighted by molar-refractivity contribution is -0.283. The summed E-state index contributed by atoms with van der Waals surface area (Å²) in [7, 11) is 0. The molecule has 1 aliphatic rings. The quantitative estimate of drug-likeness (QED) is 0.539. The van der Waals surface area contributed by atoms with Crippen molar-refractivity contribution in [2.75, 3.05) is 13.2 Å². The number of ether oxygens (including phenoxy) is 4. The van der Waals surface area contributed by atoms with Crippen LogP contribution in [0.2, 0.25) is 0 Å². The highest BCUT2D eigenvalue weighted by Crippen LogP contribution is 2.30. The second-order valence-electron chi connectivity index (χ2n) is 7.11. The molecule has 2 aromatic rings. The smallest absolute Gasteiger partial charge is 0.338 e. The molecule has 0 spiro atoms. The zero-order valence-electron chi connectivity index (χ0n) is 17.0. The fourth-order valence-corrected chi connectivity index (χ4v) is 3.26. The zero-order valence-corrected chi connectivity index (χ0v) is 17.0. The molecule has 2 unspecified atom stereocenters. The lowest BCUT2D eigenvalue weighted by Crippen LogP contribution is -2.56. The largest absolute Gasteiger partial charge is 0.459 e. The minimum Gasteiger partial charge on any atom is -0.459 e. The van der Waals surface area contributed by atoms with Crippen LogP contribution in [0.4, 0.5) is 0 Å². The molecule has 0 radical (unpaired) electrons. The van der Waals surface area contributed by atoms with Gasteiger partial charge >= 0.3 is 11.9 Å². The summed E-state index contributed by atoms with van der Waals surface area (Å²) in [6, 6.07) is 16.9. The standard InChI is InChI=1S/C24H24O7/c1-3-14-28-24-21(31-23(27)18-12-8-5-9-13-18)16(2)20(25)19(30-24)15-29-22(26)17-10-6-4-7-11-17/h1,4-13,16,19-21,24-25H,14-15H2,2H3/t16-,19?,20+,21?,24+/m0/s1. The SMILES string of the molecule is C#CCO[C@@H]1OC(COC(=O)c2ccccc2)[C@H](O)[C@H](C)C1OC(=O)c1ccccc1. The fourth-order valence-electron chi connectivity index (χ4n) is 3.26. The maximum atomic E-state index is 12.5. The molecule has 3 rings (SSSR count). The Bertz CT molecular complexity index is 905. The number of terminal acetylenes is 1. The number of rotatable bonds is 7. The monoisotopic (exact) mass is 424 g/mol. The van der Waals surface area contributed by atoms with Crippen molar-refractivity contribution in [3.8, 4) is 12.3 Å².